The zero-order valence-electron chi connectivity index (χ0n) is 8.39. The molecule has 0 bridgehead atoms. The predicted octanol–water partition coefficient (Wildman–Crippen LogP) is 1.40. The fourth-order valence-electron chi connectivity index (χ4n) is 1.16. The standard InChI is InChI=1S/C10H6F2N4O/c11-8-7(1-2-15-9(8)12)10(17)16-6-3-13-5-14-4-6/h1-5H,(H,16,17). The molecule has 0 saturated heterocycles. The maximum atomic E-state index is 13.2. The molecule has 0 aromatic carbocycles. The molecule has 0 aliphatic heterocycles. The summed E-state index contributed by atoms with van der Waals surface area (Å²) in [6.45, 7) is 0. The summed E-state index contributed by atoms with van der Waals surface area (Å²) in [6.07, 6.45) is 4.96. The van der Waals surface area contributed by atoms with E-state index in [0.717, 1.165) is 12.3 Å². The van der Waals surface area contributed by atoms with Gasteiger partial charge in [0.25, 0.3) is 5.91 Å². The lowest BCUT2D eigenvalue weighted by atomic mass is 10.2. The van der Waals surface area contributed by atoms with E-state index in [-0.39, 0.29) is 5.69 Å². The molecule has 0 aliphatic carbocycles. The zero-order chi connectivity index (χ0) is 12.3. The van der Waals surface area contributed by atoms with E-state index in [2.05, 4.69) is 20.3 Å². The first-order valence-corrected chi connectivity index (χ1v) is 4.55. The monoisotopic (exact) mass is 236 g/mol. The Hall–Kier alpha value is -2.44. The predicted molar refractivity (Wildman–Crippen MR) is 54.1 cm³/mol. The number of amides is 1. The first-order chi connectivity index (χ1) is 8.18. The van der Waals surface area contributed by atoms with Gasteiger partial charge >= 0.3 is 0 Å². The fraction of sp³-hybridized carbons (Fsp3) is 0. The van der Waals surface area contributed by atoms with Crippen LogP contribution in [0.2, 0.25) is 0 Å². The normalized spacial score (nSPS) is 10.0. The lowest BCUT2D eigenvalue weighted by Crippen LogP contribution is -2.15. The van der Waals surface area contributed by atoms with Crippen molar-refractivity contribution in [1.82, 2.24) is 15.0 Å². The second-order valence-electron chi connectivity index (χ2n) is 3.04. The van der Waals surface area contributed by atoms with Gasteiger partial charge in [-0.15, -0.1) is 0 Å². The summed E-state index contributed by atoms with van der Waals surface area (Å²) in [4.78, 5) is 22.0. The van der Waals surface area contributed by atoms with Gasteiger partial charge in [-0.1, -0.05) is 0 Å². The summed E-state index contributed by atoms with van der Waals surface area (Å²) in [7, 11) is 0. The first-order valence-electron chi connectivity index (χ1n) is 4.55. The van der Waals surface area contributed by atoms with Crippen LogP contribution < -0.4 is 5.32 Å². The van der Waals surface area contributed by atoms with Gasteiger partial charge in [0.05, 0.1) is 23.6 Å². The number of carbonyl (C=O) groups excluding carboxylic acids is 1. The van der Waals surface area contributed by atoms with Crippen LogP contribution in [0.25, 0.3) is 0 Å². The maximum absolute atomic E-state index is 13.2. The van der Waals surface area contributed by atoms with Crippen LogP contribution in [0, 0.1) is 11.8 Å². The van der Waals surface area contributed by atoms with Gasteiger partial charge in [-0.2, -0.15) is 4.39 Å². The van der Waals surface area contributed by atoms with E-state index in [0.29, 0.717) is 0 Å². The first kappa shape index (κ1) is 11.1. The molecule has 17 heavy (non-hydrogen) atoms. The van der Waals surface area contributed by atoms with Crippen molar-refractivity contribution in [2.24, 2.45) is 0 Å². The third-order valence-corrected chi connectivity index (χ3v) is 1.91. The van der Waals surface area contributed by atoms with Crippen LogP contribution in [-0.4, -0.2) is 20.9 Å². The molecular formula is C10H6F2N4O. The highest BCUT2D eigenvalue weighted by molar-refractivity contribution is 6.04. The summed E-state index contributed by atoms with van der Waals surface area (Å²) >= 11 is 0. The van der Waals surface area contributed by atoms with Crippen LogP contribution in [0.15, 0.2) is 31.0 Å². The van der Waals surface area contributed by atoms with Gasteiger partial charge in [-0.05, 0) is 6.07 Å². The molecule has 2 aromatic heterocycles. The molecule has 1 N–H and O–H groups in total. The smallest absolute Gasteiger partial charge is 0.258 e. The molecule has 2 aromatic rings. The Morgan fingerprint density at radius 2 is 1.94 bits per heavy atom. The van der Waals surface area contributed by atoms with Crippen molar-refractivity contribution in [2.75, 3.05) is 5.32 Å². The maximum Gasteiger partial charge on any atom is 0.258 e. The molecule has 0 saturated carbocycles. The van der Waals surface area contributed by atoms with E-state index in [9.17, 15) is 13.6 Å². The number of halogens is 2. The fourth-order valence-corrected chi connectivity index (χ4v) is 1.16. The van der Waals surface area contributed by atoms with Crippen molar-refractivity contribution in [3.8, 4) is 0 Å². The molecule has 86 valence electrons. The number of nitrogens with zero attached hydrogens (tertiary/aromatic N) is 3. The van der Waals surface area contributed by atoms with E-state index in [1.54, 1.807) is 0 Å². The van der Waals surface area contributed by atoms with Gasteiger partial charge in [0, 0.05) is 6.20 Å². The molecular weight excluding hydrogens is 230 g/mol. The number of hydrogen-bond acceptors (Lipinski definition) is 4. The molecule has 0 unspecified atom stereocenters. The molecule has 1 amide bonds. The van der Waals surface area contributed by atoms with Crippen molar-refractivity contribution in [3.05, 3.63) is 48.3 Å². The minimum atomic E-state index is -1.32. The van der Waals surface area contributed by atoms with E-state index < -0.39 is 23.2 Å². The Balaban J connectivity index is 2.24. The Bertz CT molecular complexity index is 547. The molecule has 2 rings (SSSR count). The van der Waals surface area contributed by atoms with Crippen LogP contribution in [0.5, 0.6) is 0 Å². The van der Waals surface area contributed by atoms with Crippen molar-refractivity contribution in [3.63, 3.8) is 0 Å². The molecule has 0 atom stereocenters. The van der Waals surface area contributed by atoms with Crippen LogP contribution >= 0.6 is 0 Å². The topological polar surface area (TPSA) is 67.8 Å². The molecule has 0 spiro atoms. The van der Waals surface area contributed by atoms with E-state index >= 15 is 0 Å². The number of aromatic nitrogens is 3. The third-order valence-electron chi connectivity index (χ3n) is 1.91. The van der Waals surface area contributed by atoms with Gasteiger partial charge in [-0.3, -0.25) is 4.79 Å². The summed E-state index contributed by atoms with van der Waals surface area (Å²) in [5.41, 5.74) is -0.143. The lowest BCUT2D eigenvalue weighted by molar-refractivity contribution is 0.102. The molecule has 0 fully saturated rings. The zero-order valence-corrected chi connectivity index (χ0v) is 8.39. The Labute approximate surface area is 94.6 Å². The van der Waals surface area contributed by atoms with Crippen molar-refractivity contribution < 1.29 is 13.6 Å². The van der Waals surface area contributed by atoms with Gasteiger partial charge in [0.15, 0.2) is 5.82 Å². The second-order valence-corrected chi connectivity index (χ2v) is 3.04. The Morgan fingerprint density at radius 1 is 1.24 bits per heavy atom. The molecule has 0 aliphatic rings. The quantitative estimate of drug-likeness (QED) is 0.800. The number of pyridine rings is 1. The highest BCUT2D eigenvalue weighted by Gasteiger charge is 2.16. The average Bonchev–Trinajstić information content (AvgIpc) is 2.34. The van der Waals surface area contributed by atoms with Crippen LogP contribution in [0.1, 0.15) is 10.4 Å². The number of nitrogens with one attached hydrogen (secondary N) is 1. The highest BCUT2D eigenvalue weighted by Crippen LogP contribution is 2.11. The van der Waals surface area contributed by atoms with E-state index in [1.165, 1.54) is 18.7 Å². The SMILES string of the molecule is O=C(Nc1cncnc1)c1ccnc(F)c1F. The second kappa shape index (κ2) is 4.60. The summed E-state index contributed by atoms with van der Waals surface area (Å²) < 4.78 is 26.0. The van der Waals surface area contributed by atoms with Crippen LogP contribution in [0.4, 0.5) is 14.5 Å². The highest BCUT2D eigenvalue weighted by atomic mass is 19.2. The van der Waals surface area contributed by atoms with E-state index in [4.69, 9.17) is 0 Å². The molecule has 7 heteroatoms. The van der Waals surface area contributed by atoms with Crippen molar-refractivity contribution in [1.29, 1.82) is 0 Å². The number of hydrogen-bond donors (Lipinski definition) is 1. The summed E-state index contributed by atoms with van der Waals surface area (Å²) in [5.74, 6) is -3.40. The number of carbonyl (C=O) groups is 1. The third kappa shape index (κ3) is 2.39. The molecule has 5 nitrogen and oxygen atoms in total. The summed E-state index contributed by atoms with van der Waals surface area (Å²) in [5, 5.41) is 2.33. The minimum Gasteiger partial charge on any atom is -0.319 e. The number of anilines is 1. The van der Waals surface area contributed by atoms with Crippen LogP contribution in [0.3, 0.4) is 0 Å². The van der Waals surface area contributed by atoms with Gasteiger partial charge < -0.3 is 5.32 Å². The summed E-state index contributed by atoms with van der Waals surface area (Å²) in [6, 6.07) is 1.08. The number of rotatable bonds is 2. The molecule has 2 heterocycles. The van der Waals surface area contributed by atoms with Gasteiger partial charge in [0.1, 0.15) is 6.33 Å². The van der Waals surface area contributed by atoms with Gasteiger partial charge in [-0.25, -0.2) is 19.3 Å². The van der Waals surface area contributed by atoms with Crippen molar-refractivity contribution in [2.45, 2.75) is 0 Å². The average molecular weight is 236 g/mol. The minimum absolute atomic E-state index is 0.286. The Morgan fingerprint density at radius 3 is 2.65 bits per heavy atom. The van der Waals surface area contributed by atoms with E-state index in [1.807, 2.05) is 0 Å². The van der Waals surface area contributed by atoms with Crippen molar-refractivity contribution >= 4 is 11.6 Å². The van der Waals surface area contributed by atoms with Crippen LogP contribution in [-0.2, 0) is 0 Å². The van der Waals surface area contributed by atoms with Gasteiger partial charge in [0.2, 0.25) is 5.95 Å². The lowest BCUT2D eigenvalue weighted by Gasteiger charge is -2.04. The molecule has 0 radical (unpaired) electrons. The Kier molecular flexibility index (Phi) is 2.99. The largest absolute Gasteiger partial charge is 0.319 e.